The Morgan fingerprint density at radius 1 is 1.19 bits per heavy atom. The highest BCUT2D eigenvalue weighted by Gasteiger charge is 2.64. The Balaban J connectivity index is 2.50. The lowest BCUT2D eigenvalue weighted by Gasteiger charge is -2.34. The first-order valence-corrected chi connectivity index (χ1v) is 8.33. The zero-order chi connectivity index (χ0) is 20.2. The van der Waals surface area contributed by atoms with Crippen molar-refractivity contribution in [1.82, 2.24) is 10.3 Å². The molecule has 1 aromatic heterocycles. The van der Waals surface area contributed by atoms with Crippen molar-refractivity contribution in [3.63, 3.8) is 0 Å². The van der Waals surface area contributed by atoms with E-state index in [1.54, 1.807) is 18.3 Å². The molecule has 146 valence electrons. The van der Waals surface area contributed by atoms with Gasteiger partial charge in [-0.25, -0.2) is 9.78 Å². The number of hydrogen-bond donors (Lipinski definition) is 2. The number of halogens is 3. The Hall–Kier alpha value is -2.82. The first-order chi connectivity index (χ1) is 12.6. The summed E-state index contributed by atoms with van der Waals surface area (Å²) in [4.78, 5) is 28.5. The van der Waals surface area contributed by atoms with E-state index in [0.717, 1.165) is 18.4 Å². The minimum Gasteiger partial charge on any atom is -0.496 e. The van der Waals surface area contributed by atoms with Crippen molar-refractivity contribution in [3.05, 3.63) is 40.9 Å². The summed E-state index contributed by atoms with van der Waals surface area (Å²) in [7, 11) is 2.05. The number of para-hydroxylation sites is 1. The quantitative estimate of drug-likeness (QED) is 0.570. The second kappa shape index (κ2) is 7.82. The number of nitrogens with one attached hydrogen (secondary N) is 2. The Kier molecular flexibility index (Phi) is 5.94. The van der Waals surface area contributed by atoms with E-state index in [-0.39, 0.29) is 16.4 Å². The molecule has 1 unspecified atom stereocenters. The lowest BCUT2D eigenvalue weighted by Crippen LogP contribution is -2.69. The summed E-state index contributed by atoms with van der Waals surface area (Å²) in [5.74, 6) is -2.89. The predicted octanol–water partition coefficient (Wildman–Crippen LogP) is 2.73. The van der Waals surface area contributed by atoms with E-state index < -0.39 is 23.7 Å². The molecule has 0 saturated carbocycles. The van der Waals surface area contributed by atoms with E-state index in [1.165, 1.54) is 30.7 Å². The molecule has 0 saturated heterocycles. The molecule has 11 heteroatoms. The van der Waals surface area contributed by atoms with Gasteiger partial charge in [-0.1, -0.05) is 12.1 Å². The van der Waals surface area contributed by atoms with Crippen LogP contribution in [0.2, 0.25) is 0 Å². The maximum Gasteiger partial charge on any atom is 0.442 e. The number of ether oxygens (including phenoxy) is 2. The van der Waals surface area contributed by atoms with Gasteiger partial charge in [0.2, 0.25) is 0 Å². The number of nitrogens with zero attached hydrogens (tertiary/aromatic N) is 1. The predicted molar refractivity (Wildman–Crippen MR) is 91.7 cm³/mol. The summed E-state index contributed by atoms with van der Waals surface area (Å²) in [6, 6.07) is 5.66. The van der Waals surface area contributed by atoms with Crippen LogP contribution in [0.25, 0.3) is 0 Å². The highest BCUT2D eigenvalue weighted by molar-refractivity contribution is 7.13. The Labute approximate surface area is 156 Å². The van der Waals surface area contributed by atoms with Gasteiger partial charge >= 0.3 is 17.8 Å². The third kappa shape index (κ3) is 4.13. The third-order valence-corrected chi connectivity index (χ3v) is 4.36. The molecule has 7 nitrogen and oxygen atoms in total. The summed E-state index contributed by atoms with van der Waals surface area (Å²) >= 11 is 0.845. The van der Waals surface area contributed by atoms with Crippen LogP contribution in [0.1, 0.15) is 16.1 Å². The van der Waals surface area contributed by atoms with Crippen LogP contribution in [-0.4, -0.2) is 42.9 Å². The van der Waals surface area contributed by atoms with Gasteiger partial charge in [-0.15, -0.1) is 11.3 Å². The number of carbonyl (C=O) groups excluding carboxylic acids is 2. The van der Waals surface area contributed by atoms with Crippen LogP contribution in [0, 0.1) is 6.92 Å². The average molecular weight is 403 g/mol. The van der Waals surface area contributed by atoms with Gasteiger partial charge in [0, 0.05) is 5.38 Å². The number of carbonyl (C=O) groups is 2. The number of thiazole rings is 1. The number of hydrogen-bond acceptors (Lipinski definition) is 7. The lowest BCUT2D eigenvalue weighted by atomic mass is 10.1. The van der Waals surface area contributed by atoms with Gasteiger partial charge in [0.25, 0.3) is 5.91 Å². The van der Waals surface area contributed by atoms with Crippen molar-refractivity contribution < 1.29 is 32.2 Å². The minimum absolute atomic E-state index is 0.0426. The van der Waals surface area contributed by atoms with Gasteiger partial charge < -0.3 is 20.1 Å². The molecule has 27 heavy (non-hydrogen) atoms. The Morgan fingerprint density at radius 3 is 2.37 bits per heavy atom. The monoisotopic (exact) mass is 403 g/mol. The fourth-order valence-corrected chi connectivity index (χ4v) is 2.93. The van der Waals surface area contributed by atoms with Crippen LogP contribution in [0.15, 0.2) is 29.6 Å². The molecule has 1 amide bonds. The van der Waals surface area contributed by atoms with Crippen molar-refractivity contribution in [2.45, 2.75) is 18.8 Å². The number of esters is 1. The molecular formula is C16H16F3N3O4S. The number of methoxy groups -OCH3 is 2. The minimum atomic E-state index is -5.24. The zero-order valence-electron chi connectivity index (χ0n) is 14.5. The molecule has 2 N–H and O–H groups in total. The zero-order valence-corrected chi connectivity index (χ0v) is 15.3. The molecule has 0 bridgehead atoms. The van der Waals surface area contributed by atoms with Crippen LogP contribution in [0.5, 0.6) is 5.75 Å². The van der Waals surface area contributed by atoms with Crippen LogP contribution in [0.3, 0.4) is 0 Å². The lowest BCUT2D eigenvalue weighted by molar-refractivity contribution is -0.203. The number of aromatic nitrogens is 1. The largest absolute Gasteiger partial charge is 0.496 e. The number of alkyl halides is 3. The van der Waals surface area contributed by atoms with E-state index in [4.69, 9.17) is 4.74 Å². The topological polar surface area (TPSA) is 89.5 Å². The second-order valence-corrected chi connectivity index (χ2v) is 6.17. The maximum absolute atomic E-state index is 13.9. The fraction of sp³-hybridized carbons (Fsp3) is 0.312. The SMILES string of the molecule is COC(=O)C(NC(=O)c1ccccc1OC)(Nc1nc(C)cs1)C(F)(F)F. The molecular weight excluding hydrogens is 387 g/mol. The van der Waals surface area contributed by atoms with Crippen LogP contribution < -0.4 is 15.4 Å². The number of anilines is 1. The van der Waals surface area contributed by atoms with Gasteiger partial charge in [-0.05, 0) is 19.1 Å². The number of rotatable bonds is 6. The molecule has 1 atom stereocenters. The molecule has 1 heterocycles. The van der Waals surface area contributed by atoms with Crippen LogP contribution in [-0.2, 0) is 9.53 Å². The highest BCUT2D eigenvalue weighted by atomic mass is 32.1. The molecule has 0 radical (unpaired) electrons. The molecule has 2 rings (SSSR count). The molecule has 1 aromatic carbocycles. The highest BCUT2D eigenvalue weighted by Crippen LogP contribution is 2.34. The van der Waals surface area contributed by atoms with Crippen molar-refractivity contribution >= 4 is 28.3 Å². The molecule has 0 aliphatic rings. The van der Waals surface area contributed by atoms with E-state index in [9.17, 15) is 22.8 Å². The van der Waals surface area contributed by atoms with Crippen molar-refractivity contribution in [3.8, 4) is 5.75 Å². The normalized spacial score (nSPS) is 13.4. The molecule has 2 aromatic rings. The summed E-state index contributed by atoms with van der Waals surface area (Å²) < 4.78 is 51.1. The van der Waals surface area contributed by atoms with E-state index >= 15 is 0 Å². The molecule has 0 fully saturated rings. The van der Waals surface area contributed by atoms with Gasteiger partial charge in [0.15, 0.2) is 5.13 Å². The average Bonchev–Trinajstić information content (AvgIpc) is 3.03. The van der Waals surface area contributed by atoms with Gasteiger partial charge in [0.1, 0.15) is 5.75 Å². The Morgan fingerprint density at radius 2 is 1.85 bits per heavy atom. The molecule has 0 aliphatic heterocycles. The maximum atomic E-state index is 13.9. The van der Waals surface area contributed by atoms with E-state index in [1.807, 2.05) is 5.32 Å². The van der Waals surface area contributed by atoms with Gasteiger partial charge in [-0.2, -0.15) is 13.2 Å². The van der Waals surface area contributed by atoms with E-state index in [2.05, 4.69) is 9.72 Å². The Bertz CT molecular complexity index is 840. The van der Waals surface area contributed by atoms with Crippen LogP contribution in [0.4, 0.5) is 18.3 Å². The van der Waals surface area contributed by atoms with Crippen molar-refractivity contribution in [2.24, 2.45) is 0 Å². The fourth-order valence-electron chi connectivity index (χ4n) is 2.19. The standard InChI is InChI=1S/C16H16F3N3O4S/c1-9-8-27-14(20-9)22-15(13(24)26-3,16(17,18)19)21-12(23)10-6-4-5-7-11(10)25-2/h4-8H,1-3H3,(H,20,22)(H,21,23). The smallest absolute Gasteiger partial charge is 0.442 e. The first kappa shape index (κ1) is 20.5. The van der Waals surface area contributed by atoms with Gasteiger partial charge in [-0.3, -0.25) is 4.79 Å². The van der Waals surface area contributed by atoms with Crippen molar-refractivity contribution in [1.29, 1.82) is 0 Å². The van der Waals surface area contributed by atoms with Crippen molar-refractivity contribution in [2.75, 3.05) is 19.5 Å². The summed E-state index contributed by atoms with van der Waals surface area (Å²) in [6.07, 6.45) is -5.24. The molecule has 0 aliphatic carbocycles. The molecule has 0 spiro atoms. The van der Waals surface area contributed by atoms with Crippen LogP contribution >= 0.6 is 11.3 Å². The third-order valence-electron chi connectivity index (χ3n) is 3.48. The van der Waals surface area contributed by atoms with E-state index in [0.29, 0.717) is 5.69 Å². The first-order valence-electron chi connectivity index (χ1n) is 7.45. The number of benzene rings is 1. The number of amides is 1. The summed E-state index contributed by atoms with van der Waals surface area (Å²) in [6.45, 7) is 1.57. The number of aryl methyl sites for hydroxylation is 1. The van der Waals surface area contributed by atoms with Gasteiger partial charge in [0.05, 0.1) is 25.5 Å². The summed E-state index contributed by atoms with van der Waals surface area (Å²) in [5, 5.41) is 4.96. The second-order valence-electron chi connectivity index (χ2n) is 5.31. The summed E-state index contributed by atoms with van der Waals surface area (Å²) in [5.41, 5.74) is -3.28.